The highest BCUT2D eigenvalue weighted by atomic mass is 16.5. The largest absolute Gasteiger partial charge is 0.497 e. The van der Waals surface area contributed by atoms with Crippen LogP contribution in [0.4, 0.5) is 0 Å². The van der Waals surface area contributed by atoms with Gasteiger partial charge in [-0.1, -0.05) is 12.1 Å². The van der Waals surface area contributed by atoms with Crippen LogP contribution in [0.2, 0.25) is 0 Å². The second-order valence-corrected chi connectivity index (χ2v) is 6.89. The van der Waals surface area contributed by atoms with Crippen LogP contribution in [0, 0.1) is 0 Å². The predicted molar refractivity (Wildman–Crippen MR) is 101 cm³/mol. The summed E-state index contributed by atoms with van der Waals surface area (Å²) in [5.74, 6) is 1.75. The number of nitrogens with two attached hydrogens (primary N) is 1. The fourth-order valence-corrected chi connectivity index (χ4v) is 3.61. The van der Waals surface area contributed by atoms with Crippen molar-refractivity contribution in [2.45, 2.75) is 38.1 Å². The third kappa shape index (κ3) is 4.87. The van der Waals surface area contributed by atoms with Gasteiger partial charge in [0.15, 0.2) is 0 Å². The van der Waals surface area contributed by atoms with E-state index in [1.165, 1.54) is 0 Å². The SMILES string of the molecule is COc1cccc(CCC(=O)N2CCC(c3nccn3CC(N)=O)CC2)c1. The van der Waals surface area contributed by atoms with Crippen molar-refractivity contribution >= 4 is 11.8 Å². The fraction of sp³-hybridized carbons (Fsp3) is 0.450. The normalized spacial score (nSPS) is 14.9. The summed E-state index contributed by atoms with van der Waals surface area (Å²) in [5.41, 5.74) is 6.40. The van der Waals surface area contributed by atoms with Crippen molar-refractivity contribution in [3.63, 3.8) is 0 Å². The molecule has 3 rings (SSSR count). The molecular weight excluding hydrogens is 344 g/mol. The van der Waals surface area contributed by atoms with E-state index in [0.717, 1.165) is 30.0 Å². The van der Waals surface area contributed by atoms with Crippen molar-refractivity contribution in [3.05, 3.63) is 48.0 Å². The quantitative estimate of drug-likeness (QED) is 0.803. The Morgan fingerprint density at radius 2 is 2.07 bits per heavy atom. The third-order valence-corrected chi connectivity index (χ3v) is 5.05. The van der Waals surface area contributed by atoms with Crippen LogP contribution in [0.25, 0.3) is 0 Å². The number of piperidine rings is 1. The van der Waals surface area contributed by atoms with E-state index in [4.69, 9.17) is 10.5 Å². The Bertz CT molecular complexity index is 794. The number of hydrogen-bond donors (Lipinski definition) is 1. The number of aromatic nitrogens is 2. The second-order valence-electron chi connectivity index (χ2n) is 6.89. The molecule has 1 saturated heterocycles. The summed E-state index contributed by atoms with van der Waals surface area (Å²) in [6.45, 7) is 1.57. The van der Waals surface area contributed by atoms with Crippen molar-refractivity contribution in [2.75, 3.05) is 20.2 Å². The summed E-state index contributed by atoms with van der Waals surface area (Å²) in [6.07, 6.45) is 6.38. The molecule has 0 radical (unpaired) electrons. The molecule has 2 N–H and O–H groups in total. The number of carbonyl (C=O) groups excluding carboxylic acids is 2. The first-order valence-corrected chi connectivity index (χ1v) is 9.27. The van der Waals surface area contributed by atoms with E-state index in [1.54, 1.807) is 19.5 Å². The van der Waals surface area contributed by atoms with Crippen LogP contribution < -0.4 is 10.5 Å². The average molecular weight is 370 g/mol. The Kier molecular flexibility index (Phi) is 6.11. The number of methoxy groups -OCH3 is 1. The number of imidazole rings is 1. The number of primary amides is 1. The van der Waals surface area contributed by atoms with E-state index in [1.807, 2.05) is 33.7 Å². The average Bonchev–Trinajstić information content (AvgIpc) is 3.13. The second kappa shape index (κ2) is 8.70. The lowest BCUT2D eigenvalue weighted by Crippen LogP contribution is -2.38. The molecule has 0 bridgehead atoms. The number of carbonyl (C=O) groups is 2. The summed E-state index contributed by atoms with van der Waals surface area (Å²) >= 11 is 0. The van der Waals surface area contributed by atoms with Gasteiger partial charge in [-0.2, -0.15) is 0 Å². The summed E-state index contributed by atoms with van der Waals surface area (Å²) in [4.78, 5) is 30.1. The zero-order valence-corrected chi connectivity index (χ0v) is 15.6. The summed E-state index contributed by atoms with van der Waals surface area (Å²) in [6, 6.07) is 7.83. The van der Waals surface area contributed by atoms with Gasteiger partial charge in [-0.3, -0.25) is 9.59 Å². The number of aryl methyl sites for hydroxylation is 1. The Morgan fingerprint density at radius 1 is 1.30 bits per heavy atom. The van der Waals surface area contributed by atoms with Crippen LogP contribution in [0.1, 0.15) is 36.6 Å². The maximum atomic E-state index is 12.5. The van der Waals surface area contributed by atoms with Crippen molar-refractivity contribution in [1.29, 1.82) is 0 Å². The molecule has 0 saturated carbocycles. The Labute approximate surface area is 159 Å². The van der Waals surface area contributed by atoms with Gasteiger partial charge in [0.1, 0.15) is 18.1 Å². The summed E-state index contributed by atoms with van der Waals surface area (Å²) in [5, 5.41) is 0. The lowest BCUT2D eigenvalue weighted by molar-refractivity contribution is -0.132. The Balaban J connectivity index is 1.50. The molecule has 144 valence electrons. The number of ether oxygens (including phenoxy) is 1. The van der Waals surface area contributed by atoms with E-state index in [-0.39, 0.29) is 24.3 Å². The molecule has 0 unspecified atom stereocenters. The van der Waals surface area contributed by atoms with Crippen molar-refractivity contribution < 1.29 is 14.3 Å². The van der Waals surface area contributed by atoms with Gasteiger partial charge in [0.05, 0.1) is 7.11 Å². The lowest BCUT2D eigenvalue weighted by Gasteiger charge is -2.32. The van der Waals surface area contributed by atoms with Gasteiger partial charge in [-0.05, 0) is 37.0 Å². The van der Waals surface area contributed by atoms with E-state index in [0.29, 0.717) is 25.9 Å². The van der Waals surface area contributed by atoms with Crippen LogP contribution in [0.3, 0.4) is 0 Å². The molecule has 0 aliphatic carbocycles. The minimum Gasteiger partial charge on any atom is -0.497 e. The van der Waals surface area contributed by atoms with Crippen molar-refractivity contribution in [3.8, 4) is 5.75 Å². The van der Waals surface area contributed by atoms with Gasteiger partial charge in [0, 0.05) is 37.8 Å². The first kappa shape index (κ1) is 18.9. The monoisotopic (exact) mass is 370 g/mol. The Hall–Kier alpha value is -2.83. The highest BCUT2D eigenvalue weighted by Gasteiger charge is 2.26. The molecule has 1 aromatic heterocycles. The molecule has 7 nitrogen and oxygen atoms in total. The molecule has 2 heterocycles. The number of likely N-dealkylation sites (tertiary alicyclic amines) is 1. The Morgan fingerprint density at radius 3 is 2.78 bits per heavy atom. The highest BCUT2D eigenvalue weighted by molar-refractivity contribution is 5.76. The molecule has 7 heteroatoms. The molecule has 27 heavy (non-hydrogen) atoms. The van der Waals surface area contributed by atoms with Gasteiger partial charge in [-0.25, -0.2) is 4.98 Å². The van der Waals surface area contributed by atoms with E-state index < -0.39 is 0 Å². The number of benzene rings is 1. The first-order valence-electron chi connectivity index (χ1n) is 9.27. The highest BCUT2D eigenvalue weighted by Crippen LogP contribution is 2.27. The van der Waals surface area contributed by atoms with Crippen LogP contribution >= 0.6 is 0 Å². The van der Waals surface area contributed by atoms with Gasteiger partial charge >= 0.3 is 0 Å². The molecule has 2 amide bonds. The van der Waals surface area contributed by atoms with Crippen molar-refractivity contribution in [2.24, 2.45) is 5.73 Å². The number of hydrogen-bond acceptors (Lipinski definition) is 4. The van der Waals surface area contributed by atoms with Crippen LogP contribution in [-0.2, 0) is 22.6 Å². The smallest absolute Gasteiger partial charge is 0.237 e. The predicted octanol–water partition coefficient (Wildman–Crippen LogP) is 1.72. The van der Waals surface area contributed by atoms with Gasteiger partial charge in [0.2, 0.25) is 11.8 Å². The van der Waals surface area contributed by atoms with Gasteiger partial charge in [0.25, 0.3) is 0 Å². The van der Waals surface area contributed by atoms with E-state index >= 15 is 0 Å². The number of rotatable bonds is 7. The third-order valence-electron chi connectivity index (χ3n) is 5.05. The topological polar surface area (TPSA) is 90.4 Å². The maximum absolute atomic E-state index is 12.5. The minimum atomic E-state index is -0.376. The molecule has 0 spiro atoms. The van der Waals surface area contributed by atoms with Crippen LogP contribution in [0.15, 0.2) is 36.7 Å². The standard InChI is InChI=1S/C20H26N4O3/c1-27-17-4-2-3-15(13-17)5-6-19(26)23-10-7-16(8-11-23)20-22-9-12-24(20)14-18(21)25/h2-4,9,12-13,16H,5-8,10-11,14H2,1H3,(H2,21,25). The van der Waals surface area contributed by atoms with E-state index in [9.17, 15) is 9.59 Å². The molecule has 1 fully saturated rings. The number of nitrogens with zero attached hydrogens (tertiary/aromatic N) is 3. The fourth-order valence-electron chi connectivity index (χ4n) is 3.61. The zero-order valence-electron chi connectivity index (χ0n) is 15.6. The summed E-state index contributed by atoms with van der Waals surface area (Å²) in [7, 11) is 1.64. The van der Waals surface area contributed by atoms with E-state index in [2.05, 4.69) is 4.98 Å². The molecule has 2 aromatic rings. The summed E-state index contributed by atoms with van der Waals surface area (Å²) < 4.78 is 7.04. The lowest BCUT2D eigenvalue weighted by atomic mass is 9.95. The molecule has 1 aromatic carbocycles. The minimum absolute atomic E-state index is 0.148. The van der Waals surface area contributed by atoms with Crippen LogP contribution in [0.5, 0.6) is 5.75 Å². The van der Waals surface area contributed by atoms with Gasteiger partial charge in [-0.15, -0.1) is 0 Å². The first-order chi connectivity index (χ1) is 13.1. The molecule has 0 atom stereocenters. The molecule has 1 aliphatic rings. The van der Waals surface area contributed by atoms with Crippen LogP contribution in [-0.4, -0.2) is 46.5 Å². The maximum Gasteiger partial charge on any atom is 0.237 e. The zero-order chi connectivity index (χ0) is 19.2. The molecular formula is C20H26N4O3. The number of amides is 2. The van der Waals surface area contributed by atoms with Crippen molar-refractivity contribution in [1.82, 2.24) is 14.5 Å². The molecule has 1 aliphatic heterocycles. The van der Waals surface area contributed by atoms with Gasteiger partial charge < -0.3 is 19.9 Å².